The van der Waals surface area contributed by atoms with Gasteiger partial charge < -0.3 is 19.9 Å². The zero-order valence-electron chi connectivity index (χ0n) is 16.3. The second-order valence-electron chi connectivity index (χ2n) is 7.79. The van der Waals surface area contributed by atoms with E-state index in [1.54, 1.807) is 13.0 Å². The van der Waals surface area contributed by atoms with Gasteiger partial charge in [-0.2, -0.15) is 0 Å². The average molecular weight is 417 g/mol. The van der Waals surface area contributed by atoms with Crippen molar-refractivity contribution in [2.45, 2.75) is 38.5 Å². The Kier molecular flexibility index (Phi) is 5.05. The van der Waals surface area contributed by atoms with E-state index in [4.69, 9.17) is 0 Å². The van der Waals surface area contributed by atoms with Crippen LogP contribution >= 0.6 is 0 Å². The molecule has 0 aliphatic carbocycles. The van der Waals surface area contributed by atoms with Gasteiger partial charge in [-0.3, -0.25) is 14.4 Å². The summed E-state index contributed by atoms with van der Waals surface area (Å²) in [6, 6.07) is 4.22. The second-order valence-corrected chi connectivity index (χ2v) is 7.79. The molecule has 1 fully saturated rings. The normalized spacial score (nSPS) is 20.5. The zero-order valence-corrected chi connectivity index (χ0v) is 16.3. The second kappa shape index (κ2) is 7.55. The quantitative estimate of drug-likeness (QED) is 0.800. The van der Waals surface area contributed by atoms with Crippen LogP contribution in [0.1, 0.15) is 50.9 Å². The summed E-state index contributed by atoms with van der Waals surface area (Å²) in [5, 5.41) is 12.9. The highest BCUT2D eigenvalue weighted by atomic mass is 19.1. The summed E-state index contributed by atoms with van der Waals surface area (Å²) >= 11 is 0. The van der Waals surface area contributed by atoms with Crippen LogP contribution in [0, 0.1) is 12.7 Å². The van der Waals surface area contributed by atoms with Crippen LogP contribution in [0.25, 0.3) is 0 Å². The average Bonchev–Trinajstić information content (AvgIpc) is 2.87. The van der Waals surface area contributed by atoms with Gasteiger partial charge in [0.15, 0.2) is 11.4 Å². The molecule has 9 heteroatoms. The van der Waals surface area contributed by atoms with Crippen molar-refractivity contribution in [3.63, 3.8) is 0 Å². The molecule has 2 amide bonds. The number of hydrogen-bond donors (Lipinski definition) is 2. The van der Waals surface area contributed by atoms with Crippen LogP contribution in [0.5, 0.6) is 5.75 Å². The fourth-order valence-electron chi connectivity index (χ4n) is 4.01. The van der Waals surface area contributed by atoms with Crippen molar-refractivity contribution in [2.75, 3.05) is 13.1 Å². The van der Waals surface area contributed by atoms with E-state index in [1.165, 1.54) is 27.8 Å². The molecule has 2 N–H and O–H groups in total. The van der Waals surface area contributed by atoms with Gasteiger partial charge in [-0.1, -0.05) is 12.1 Å². The number of carbonyl (C=O) groups excluding carboxylic acids is 2. The van der Waals surface area contributed by atoms with Crippen LogP contribution in [0.15, 0.2) is 29.2 Å². The third-order valence-corrected chi connectivity index (χ3v) is 5.65. The lowest BCUT2D eigenvalue weighted by atomic mass is 10.1. The van der Waals surface area contributed by atoms with Crippen molar-refractivity contribution in [1.29, 1.82) is 0 Å². The molecule has 1 aromatic carbocycles. The van der Waals surface area contributed by atoms with E-state index in [0.29, 0.717) is 6.42 Å². The predicted molar refractivity (Wildman–Crippen MR) is 104 cm³/mol. The van der Waals surface area contributed by atoms with E-state index in [0.717, 1.165) is 5.56 Å². The Bertz CT molecular complexity index is 1100. The molecule has 2 aliphatic rings. The van der Waals surface area contributed by atoms with Gasteiger partial charge in [0.25, 0.3) is 11.8 Å². The SMILES string of the molecule is Cc1ccc(CNC(=O)c2cn3c(c(O)c2=O)C(=O)N2CC(F)CCC3C2)c(F)c1. The lowest BCUT2D eigenvalue weighted by molar-refractivity contribution is 0.0646. The first kappa shape index (κ1) is 20.1. The maximum atomic E-state index is 14.0. The zero-order chi connectivity index (χ0) is 21.6. The molecule has 2 aromatic rings. The molecular weight excluding hydrogens is 396 g/mol. The van der Waals surface area contributed by atoms with Crippen molar-refractivity contribution in [3.8, 4) is 5.75 Å². The number of alkyl halides is 1. The number of nitrogens with one attached hydrogen (secondary N) is 1. The molecule has 158 valence electrons. The van der Waals surface area contributed by atoms with E-state index < -0.39 is 35.0 Å². The topological polar surface area (TPSA) is 91.6 Å². The highest BCUT2D eigenvalue weighted by molar-refractivity contribution is 5.99. The molecule has 0 radical (unpaired) electrons. The maximum absolute atomic E-state index is 14.0. The largest absolute Gasteiger partial charge is 0.503 e. The van der Waals surface area contributed by atoms with E-state index in [1.807, 2.05) is 0 Å². The van der Waals surface area contributed by atoms with Gasteiger partial charge >= 0.3 is 0 Å². The van der Waals surface area contributed by atoms with Crippen LogP contribution in [0.4, 0.5) is 8.78 Å². The van der Waals surface area contributed by atoms with Gasteiger partial charge in [0.2, 0.25) is 5.43 Å². The van der Waals surface area contributed by atoms with E-state index in [-0.39, 0.29) is 48.9 Å². The predicted octanol–water partition coefficient (Wildman–Crippen LogP) is 2.06. The van der Waals surface area contributed by atoms with Gasteiger partial charge in [0.1, 0.15) is 17.6 Å². The third-order valence-electron chi connectivity index (χ3n) is 5.65. The number of amides is 2. The minimum atomic E-state index is -1.19. The van der Waals surface area contributed by atoms with E-state index in [2.05, 4.69) is 5.32 Å². The number of halogens is 2. The first-order valence-electron chi connectivity index (χ1n) is 9.71. The fraction of sp³-hybridized carbons (Fsp3) is 0.381. The Morgan fingerprint density at radius 2 is 2.03 bits per heavy atom. The molecule has 3 heterocycles. The first-order valence-corrected chi connectivity index (χ1v) is 9.71. The number of benzene rings is 1. The van der Waals surface area contributed by atoms with Crippen LogP contribution in [0.3, 0.4) is 0 Å². The lowest BCUT2D eigenvalue weighted by Gasteiger charge is -2.34. The first-order chi connectivity index (χ1) is 14.3. The summed E-state index contributed by atoms with van der Waals surface area (Å²) in [4.78, 5) is 39.1. The number of aromatic nitrogens is 1. The number of aryl methyl sites for hydroxylation is 1. The van der Waals surface area contributed by atoms with Crippen molar-refractivity contribution in [1.82, 2.24) is 14.8 Å². The van der Waals surface area contributed by atoms with Gasteiger partial charge in [-0.25, -0.2) is 8.78 Å². The van der Waals surface area contributed by atoms with Gasteiger partial charge in [-0.15, -0.1) is 0 Å². The minimum Gasteiger partial charge on any atom is -0.503 e. The van der Waals surface area contributed by atoms with E-state index in [9.17, 15) is 28.3 Å². The molecule has 4 rings (SSSR count). The highest BCUT2D eigenvalue weighted by Gasteiger charge is 2.38. The summed E-state index contributed by atoms with van der Waals surface area (Å²) in [6.45, 7) is 1.74. The van der Waals surface area contributed by atoms with Gasteiger partial charge in [0, 0.05) is 24.8 Å². The Hall–Kier alpha value is -3.23. The standard InChI is InChI=1S/C21H21F2N3O4/c1-11-2-3-12(16(23)6-11)7-24-20(29)15-10-26-14-5-4-13(22)8-25(9-14)21(30)17(26)19(28)18(15)27/h2-3,6,10,13-14,28H,4-5,7-9H2,1H3,(H,24,29). The van der Waals surface area contributed by atoms with Crippen molar-refractivity contribution < 1.29 is 23.5 Å². The molecule has 2 unspecified atom stereocenters. The monoisotopic (exact) mass is 417 g/mol. The molecule has 30 heavy (non-hydrogen) atoms. The number of carbonyl (C=O) groups is 2. The number of aromatic hydroxyl groups is 1. The third kappa shape index (κ3) is 3.44. The molecule has 1 aromatic heterocycles. The van der Waals surface area contributed by atoms with Crippen molar-refractivity contribution >= 4 is 11.8 Å². The highest BCUT2D eigenvalue weighted by Crippen LogP contribution is 2.32. The van der Waals surface area contributed by atoms with Crippen molar-refractivity contribution in [3.05, 3.63) is 62.8 Å². The molecule has 2 bridgehead atoms. The fourth-order valence-corrected chi connectivity index (χ4v) is 4.01. The molecule has 2 aliphatic heterocycles. The summed E-state index contributed by atoms with van der Waals surface area (Å²) in [6.07, 6.45) is 0.677. The summed E-state index contributed by atoms with van der Waals surface area (Å²) in [5.41, 5.74) is -0.594. The Balaban J connectivity index is 1.66. The smallest absolute Gasteiger partial charge is 0.274 e. The van der Waals surface area contributed by atoms with Gasteiger partial charge in [0.05, 0.1) is 12.6 Å². The Morgan fingerprint density at radius 3 is 2.77 bits per heavy atom. The molecule has 2 atom stereocenters. The van der Waals surface area contributed by atoms with E-state index >= 15 is 0 Å². The summed E-state index contributed by atoms with van der Waals surface area (Å²) < 4.78 is 29.4. The van der Waals surface area contributed by atoms with Crippen LogP contribution < -0.4 is 10.7 Å². The molecular formula is C21H21F2N3O4. The van der Waals surface area contributed by atoms with Crippen LogP contribution in [-0.4, -0.2) is 45.6 Å². The Labute approximate surface area is 170 Å². The Morgan fingerprint density at radius 1 is 1.27 bits per heavy atom. The number of nitrogens with zero attached hydrogens (tertiary/aromatic N) is 2. The minimum absolute atomic E-state index is 0.0900. The number of rotatable bonds is 3. The summed E-state index contributed by atoms with van der Waals surface area (Å²) in [5.74, 6) is -2.75. The summed E-state index contributed by atoms with van der Waals surface area (Å²) in [7, 11) is 0. The molecule has 7 nitrogen and oxygen atoms in total. The molecule has 0 spiro atoms. The number of fused-ring (bicyclic) bond motifs is 4. The lowest BCUT2D eigenvalue weighted by Crippen LogP contribution is -2.45. The number of pyridine rings is 1. The maximum Gasteiger partial charge on any atom is 0.274 e. The molecule has 1 saturated heterocycles. The number of hydrogen-bond acceptors (Lipinski definition) is 4. The molecule has 0 saturated carbocycles. The van der Waals surface area contributed by atoms with Gasteiger partial charge in [-0.05, 0) is 31.4 Å². The van der Waals surface area contributed by atoms with Crippen molar-refractivity contribution in [2.24, 2.45) is 0 Å². The van der Waals surface area contributed by atoms with Crippen LogP contribution in [0.2, 0.25) is 0 Å². The van der Waals surface area contributed by atoms with Crippen LogP contribution in [-0.2, 0) is 6.54 Å².